The lowest BCUT2D eigenvalue weighted by atomic mass is 10.1. The predicted octanol–water partition coefficient (Wildman–Crippen LogP) is 1.89. The summed E-state index contributed by atoms with van der Waals surface area (Å²) in [5, 5.41) is 7.91. The zero-order chi connectivity index (χ0) is 16.5. The number of ether oxygens (including phenoxy) is 1. The molecular weight excluding hydrogens is 304 g/mol. The first-order valence-corrected chi connectivity index (χ1v) is 8.74. The quantitative estimate of drug-likeness (QED) is 0.931. The Kier molecular flexibility index (Phi) is 4.24. The van der Waals surface area contributed by atoms with E-state index in [-0.39, 0.29) is 18.1 Å². The maximum Gasteiger partial charge on any atom is 0.254 e. The van der Waals surface area contributed by atoms with Crippen molar-refractivity contribution in [2.75, 3.05) is 33.3 Å². The Labute approximate surface area is 141 Å². The first-order chi connectivity index (χ1) is 11.8. The normalized spacial score (nSPS) is 25.0. The van der Waals surface area contributed by atoms with Gasteiger partial charge in [0, 0.05) is 31.6 Å². The van der Waals surface area contributed by atoms with Gasteiger partial charge in [-0.2, -0.15) is 5.10 Å². The summed E-state index contributed by atoms with van der Waals surface area (Å²) in [4.78, 5) is 17.7. The van der Waals surface area contributed by atoms with Crippen molar-refractivity contribution in [3.8, 4) is 0 Å². The molecule has 6 nitrogen and oxygen atoms in total. The number of amides is 1. The Morgan fingerprint density at radius 2 is 2.21 bits per heavy atom. The maximum absolute atomic E-state index is 13.2. The van der Waals surface area contributed by atoms with Crippen LogP contribution in [0.4, 0.5) is 0 Å². The molecule has 2 aliphatic heterocycles. The second-order valence-electron chi connectivity index (χ2n) is 6.85. The highest BCUT2D eigenvalue weighted by Gasteiger charge is 2.37. The van der Waals surface area contributed by atoms with E-state index in [1.165, 1.54) is 12.8 Å². The minimum absolute atomic E-state index is 0.0887. The zero-order valence-electron chi connectivity index (χ0n) is 14.1. The standard InChI is InChI=1S/C18H24N4O2/c1-24-14-9-13(11-21-7-2-3-8-21)22(12-14)18(23)15-5-4-6-17-16(15)10-19-20-17/h4-6,10,13-14H,2-3,7-9,11-12H2,1H3,(H,19,20)/t13-,14-/m0/s1. The third kappa shape index (κ3) is 2.80. The predicted molar refractivity (Wildman–Crippen MR) is 92.0 cm³/mol. The Morgan fingerprint density at radius 1 is 1.38 bits per heavy atom. The molecule has 1 aromatic heterocycles. The largest absolute Gasteiger partial charge is 0.380 e. The SMILES string of the molecule is CO[C@H]1C[C@@H](CN2CCCC2)N(C(=O)c2cccc3[nH]ncc23)C1. The molecule has 0 bridgehead atoms. The Hall–Kier alpha value is -1.92. The lowest BCUT2D eigenvalue weighted by Gasteiger charge is -2.28. The van der Waals surface area contributed by atoms with Crippen LogP contribution in [0.5, 0.6) is 0 Å². The fourth-order valence-electron chi connectivity index (χ4n) is 4.04. The van der Waals surface area contributed by atoms with Crippen LogP contribution in [-0.2, 0) is 4.74 Å². The highest BCUT2D eigenvalue weighted by molar-refractivity contribution is 6.06. The third-order valence-corrected chi connectivity index (χ3v) is 5.35. The molecule has 2 fully saturated rings. The zero-order valence-corrected chi connectivity index (χ0v) is 14.1. The summed E-state index contributed by atoms with van der Waals surface area (Å²) in [5.41, 5.74) is 1.63. The molecular formula is C18H24N4O2. The summed E-state index contributed by atoms with van der Waals surface area (Å²) in [6.45, 7) is 3.91. The van der Waals surface area contributed by atoms with E-state index in [2.05, 4.69) is 15.1 Å². The highest BCUT2D eigenvalue weighted by atomic mass is 16.5. The number of nitrogens with zero attached hydrogens (tertiary/aromatic N) is 3. The van der Waals surface area contributed by atoms with Gasteiger partial charge in [0.1, 0.15) is 0 Å². The van der Waals surface area contributed by atoms with E-state index < -0.39 is 0 Å². The van der Waals surface area contributed by atoms with Crippen molar-refractivity contribution < 1.29 is 9.53 Å². The molecule has 0 aliphatic carbocycles. The van der Waals surface area contributed by atoms with Gasteiger partial charge in [0.2, 0.25) is 0 Å². The van der Waals surface area contributed by atoms with Crippen LogP contribution in [0.1, 0.15) is 29.6 Å². The molecule has 0 spiro atoms. The average molecular weight is 328 g/mol. The number of H-pyrrole nitrogens is 1. The monoisotopic (exact) mass is 328 g/mol. The molecule has 1 N–H and O–H groups in total. The summed E-state index contributed by atoms with van der Waals surface area (Å²) < 4.78 is 5.56. The molecule has 0 radical (unpaired) electrons. The molecule has 2 saturated heterocycles. The van der Waals surface area contributed by atoms with E-state index in [0.717, 1.165) is 42.5 Å². The number of benzene rings is 1. The Bertz CT molecular complexity index is 723. The summed E-state index contributed by atoms with van der Waals surface area (Å²) >= 11 is 0. The van der Waals surface area contributed by atoms with Crippen molar-refractivity contribution in [2.24, 2.45) is 0 Å². The number of hydrogen-bond donors (Lipinski definition) is 1. The second-order valence-corrected chi connectivity index (χ2v) is 6.85. The molecule has 24 heavy (non-hydrogen) atoms. The van der Waals surface area contributed by atoms with Gasteiger partial charge >= 0.3 is 0 Å². The van der Waals surface area contributed by atoms with Gasteiger partial charge in [0.05, 0.1) is 23.4 Å². The van der Waals surface area contributed by atoms with Crippen LogP contribution in [0.2, 0.25) is 0 Å². The van der Waals surface area contributed by atoms with Crippen molar-refractivity contribution in [1.82, 2.24) is 20.0 Å². The van der Waals surface area contributed by atoms with Gasteiger partial charge < -0.3 is 14.5 Å². The molecule has 1 amide bonds. The van der Waals surface area contributed by atoms with E-state index in [9.17, 15) is 4.79 Å². The molecule has 2 aliphatic rings. The van der Waals surface area contributed by atoms with Gasteiger partial charge in [-0.25, -0.2) is 0 Å². The highest BCUT2D eigenvalue weighted by Crippen LogP contribution is 2.26. The summed E-state index contributed by atoms with van der Waals surface area (Å²) in [6.07, 6.45) is 5.32. The lowest BCUT2D eigenvalue weighted by Crippen LogP contribution is -2.42. The lowest BCUT2D eigenvalue weighted by molar-refractivity contribution is 0.0672. The summed E-state index contributed by atoms with van der Waals surface area (Å²) in [7, 11) is 1.74. The number of carbonyl (C=O) groups is 1. The van der Waals surface area contributed by atoms with Crippen molar-refractivity contribution >= 4 is 16.8 Å². The van der Waals surface area contributed by atoms with E-state index in [0.29, 0.717) is 6.54 Å². The number of rotatable bonds is 4. The fraction of sp³-hybridized carbons (Fsp3) is 0.556. The van der Waals surface area contributed by atoms with Gasteiger partial charge in [0.25, 0.3) is 5.91 Å². The summed E-state index contributed by atoms with van der Waals surface area (Å²) in [6, 6.07) is 5.98. The first kappa shape index (κ1) is 15.6. The van der Waals surface area contributed by atoms with Crippen molar-refractivity contribution in [3.05, 3.63) is 30.0 Å². The number of methoxy groups -OCH3 is 1. The topological polar surface area (TPSA) is 61.5 Å². The van der Waals surface area contributed by atoms with Gasteiger partial charge in [-0.15, -0.1) is 0 Å². The van der Waals surface area contributed by atoms with E-state index in [1.54, 1.807) is 13.3 Å². The van der Waals surface area contributed by atoms with Crippen LogP contribution in [0.3, 0.4) is 0 Å². The van der Waals surface area contributed by atoms with Crippen LogP contribution in [0, 0.1) is 0 Å². The minimum Gasteiger partial charge on any atom is -0.380 e. The van der Waals surface area contributed by atoms with Crippen LogP contribution >= 0.6 is 0 Å². The molecule has 1 aromatic carbocycles. The molecule has 0 saturated carbocycles. The van der Waals surface area contributed by atoms with Crippen LogP contribution < -0.4 is 0 Å². The van der Waals surface area contributed by atoms with Gasteiger partial charge in [-0.1, -0.05) is 6.07 Å². The van der Waals surface area contributed by atoms with Crippen LogP contribution in [0.15, 0.2) is 24.4 Å². The van der Waals surface area contributed by atoms with E-state index in [1.807, 2.05) is 23.1 Å². The first-order valence-electron chi connectivity index (χ1n) is 8.74. The second kappa shape index (κ2) is 6.53. The van der Waals surface area contributed by atoms with Crippen molar-refractivity contribution in [1.29, 1.82) is 0 Å². The molecule has 128 valence electrons. The molecule has 4 rings (SSSR count). The number of fused-ring (bicyclic) bond motifs is 1. The molecule has 6 heteroatoms. The van der Waals surface area contributed by atoms with E-state index >= 15 is 0 Å². The number of hydrogen-bond acceptors (Lipinski definition) is 4. The van der Waals surface area contributed by atoms with Gasteiger partial charge in [-0.3, -0.25) is 9.89 Å². The minimum atomic E-state index is 0.0887. The number of likely N-dealkylation sites (tertiary alicyclic amines) is 2. The molecule has 3 heterocycles. The molecule has 2 aromatic rings. The number of carbonyl (C=O) groups excluding carboxylic acids is 1. The Balaban J connectivity index is 1.59. The van der Waals surface area contributed by atoms with Gasteiger partial charge in [-0.05, 0) is 44.5 Å². The third-order valence-electron chi connectivity index (χ3n) is 5.35. The molecule has 0 unspecified atom stereocenters. The van der Waals surface area contributed by atoms with Gasteiger partial charge in [0.15, 0.2) is 0 Å². The number of nitrogens with one attached hydrogen (secondary N) is 1. The summed E-state index contributed by atoms with van der Waals surface area (Å²) in [5.74, 6) is 0.0887. The van der Waals surface area contributed by atoms with Crippen molar-refractivity contribution in [3.63, 3.8) is 0 Å². The average Bonchev–Trinajstić information content (AvgIpc) is 3.34. The number of aromatic amines is 1. The van der Waals surface area contributed by atoms with Crippen LogP contribution in [0.25, 0.3) is 10.9 Å². The maximum atomic E-state index is 13.2. The van der Waals surface area contributed by atoms with Crippen molar-refractivity contribution in [2.45, 2.75) is 31.4 Å². The Morgan fingerprint density at radius 3 is 3.00 bits per heavy atom. The fourth-order valence-corrected chi connectivity index (χ4v) is 4.04. The molecule has 2 atom stereocenters. The number of aromatic nitrogens is 2. The van der Waals surface area contributed by atoms with Crippen LogP contribution in [-0.4, -0.2) is 71.3 Å². The smallest absolute Gasteiger partial charge is 0.254 e. The van der Waals surface area contributed by atoms with E-state index in [4.69, 9.17) is 4.74 Å².